The van der Waals surface area contributed by atoms with E-state index < -0.39 is 11.7 Å². The SMILES string of the molecule is CCC(C)Cc1ccc(N2CCCN(C(=O)CCCN3CCN(c4ccc(C)cc4)CC3)CC2)cc1C(F)(F)F. The lowest BCUT2D eigenvalue weighted by atomic mass is 9.94. The van der Waals surface area contributed by atoms with Crippen molar-refractivity contribution in [3.05, 3.63) is 59.2 Å². The smallest absolute Gasteiger partial charge is 0.370 e. The molecule has 2 aromatic carbocycles. The zero-order chi connectivity index (χ0) is 28.7. The average molecular weight is 559 g/mol. The number of carbonyl (C=O) groups is 1. The van der Waals surface area contributed by atoms with Gasteiger partial charge >= 0.3 is 6.18 Å². The normalized spacial score (nSPS) is 18.1. The number of piperazine rings is 1. The number of anilines is 2. The summed E-state index contributed by atoms with van der Waals surface area (Å²) in [7, 11) is 0. The number of nitrogens with zero attached hydrogens (tertiary/aromatic N) is 4. The van der Waals surface area contributed by atoms with Gasteiger partial charge in [0.1, 0.15) is 0 Å². The summed E-state index contributed by atoms with van der Waals surface area (Å²) < 4.78 is 41.7. The van der Waals surface area contributed by atoms with Crippen LogP contribution in [0.4, 0.5) is 24.5 Å². The van der Waals surface area contributed by atoms with E-state index in [2.05, 4.69) is 41.0 Å². The highest BCUT2D eigenvalue weighted by molar-refractivity contribution is 5.76. The first-order chi connectivity index (χ1) is 19.1. The minimum absolute atomic E-state index is 0.153. The molecule has 0 N–H and O–H groups in total. The van der Waals surface area contributed by atoms with Crippen LogP contribution >= 0.6 is 0 Å². The fourth-order valence-corrected chi connectivity index (χ4v) is 5.75. The molecular weight excluding hydrogens is 513 g/mol. The summed E-state index contributed by atoms with van der Waals surface area (Å²) in [5.74, 6) is 0.355. The van der Waals surface area contributed by atoms with Gasteiger partial charge in [-0.15, -0.1) is 0 Å². The Labute approximate surface area is 237 Å². The van der Waals surface area contributed by atoms with Crippen LogP contribution in [-0.4, -0.2) is 74.6 Å². The largest absolute Gasteiger partial charge is 0.416 e. The molecule has 0 aliphatic carbocycles. The Bertz CT molecular complexity index is 1100. The number of rotatable bonds is 9. The number of amides is 1. The summed E-state index contributed by atoms with van der Waals surface area (Å²) in [5.41, 5.74) is 2.98. The summed E-state index contributed by atoms with van der Waals surface area (Å²) in [6.45, 7) is 13.4. The molecule has 2 aliphatic heterocycles. The van der Waals surface area contributed by atoms with Gasteiger partial charge in [0.25, 0.3) is 0 Å². The van der Waals surface area contributed by atoms with Crippen LogP contribution in [0.25, 0.3) is 0 Å². The average Bonchev–Trinajstić information content (AvgIpc) is 3.20. The van der Waals surface area contributed by atoms with Gasteiger partial charge < -0.3 is 14.7 Å². The van der Waals surface area contributed by atoms with Crippen LogP contribution in [0.1, 0.15) is 56.2 Å². The monoisotopic (exact) mass is 558 g/mol. The highest BCUT2D eigenvalue weighted by atomic mass is 19.4. The molecule has 2 fully saturated rings. The van der Waals surface area contributed by atoms with Gasteiger partial charge in [0.15, 0.2) is 0 Å². The molecule has 8 heteroatoms. The van der Waals surface area contributed by atoms with Gasteiger partial charge in [-0.25, -0.2) is 0 Å². The summed E-state index contributed by atoms with van der Waals surface area (Å²) in [4.78, 5) is 21.8. The highest BCUT2D eigenvalue weighted by Crippen LogP contribution is 2.36. The van der Waals surface area contributed by atoms with Crippen molar-refractivity contribution >= 4 is 17.3 Å². The van der Waals surface area contributed by atoms with Crippen LogP contribution in [0.15, 0.2) is 42.5 Å². The number of benzene rings is 2. The van der Waals surface area contributed by atoms with E-state index in [-0.39, 0.29) is 11.8 Å². The van der Waals surface area contributed by atoms with Gasteiger partial charge in [-0.05, 0) is 68.5 Å². The lowest BCUT2D eigenvalue weighted by Crippen LogP contribution is -2.46. The maximum Gasteiger partial charge on any atom is 0.416 e. The maximum absolute atomic E-state index is 13.9. The quantitative estimate of drug-likeness (QED) is 0.364. The second kappa shape index (κ2) is 13.7. The Hall–Kier alpha value is -2.74. The summed E-state index contributed by atoms with van der Waals surface area (Å²) in [6, 6.07) is 13.5. The van der Waals surface area contributed by atoms with E-state index in [4.69, 9.17) is 0 Å². The van der Waals surface area contributed by atoms with Gasteiger partial charge in [0.2, 0.25) is 5.91 Å². The van der Waals surface area contributed by atoms with Gasteiger partial charge in [-0.2, -0.15) is 13.2 Å². The Morgan fingerprint density at radius 2 is 1.52 bits per heavy atom. The predicted molar refractivity (Wildman–Crippen MR) is 157 cm³/mol. The molecule has 0 bridgehead atoms. The molecule has 2 aliphatic rings. The summed E-state index contributed by atoms with van der Waals surface area (Å²) in [5, 5.41) is 0. The minimum Gasteiger partial charge on any atom is -0.370 e. The minimum atomic E-state index is -4.38. The molecule has 5 nitrogen and oxygen atoms in total. The molecule has 2 heterocycles. The summed E-state index contributed by atoms with van der Waals surface area (Å²) >= 11 is 0. The first-order valence-corrected chi connectivity index (χ1v) is 14.9. The van der Waals surface area contributed by atoms with E-state index in [9.17, 15) is 18.0 Å². The standard InChI is InChI=1S/C32H45F3N4O/c1-4-25(2)23-27-10-13-29(24-30(27)32(33,34)35)37-15-6-16-39(22-21-37)31(40)7-5-14-36-17-19-38(20-18-36)28-11-8-26(3)9-12-28/h8-13,24-25H,4-7,14-23H2,1-3H3. The molecule has 1 amide bonds. The van der Waals surface area contributed by atoms with Crippen LogP contribution in [0.5, 0.6) is 0 Å². The second-order valence-corrected chi connectivity index (χ2v) is 11.5. The van der Waals surface area contributed by atoms with Crippen LogP contribution in [0, 0.1) is 12.8 Å². The zero-order valence-corrected chi connectivity index (χ0v) is 24.3. The lowest BCUT2D eigenvalue weighted by molar-refractivity contribution is -0.138. The fraction of sp³-hybridized carbons (Fsp3) is 0.594. The molecule has 0 radical (unpaired) electrons. The Balaban J connectivity index is 1.24. The second-order valence-electron chi connectivity index (χ2n) is 11.5. The van der Waals surface area contributed by atoms with Crippen molar-refractivity contribution in [2.75, 3.05) is 68.7 Å². The molecule has 0 aromatic heterocycles. The third kappa shape index (κ3) is 8.15. The Kier molecular flexibility index (Phi) is 10.4. The molecule has 4 rings (SSSR count). The molecule has 220 valence electrons. The van der Waals surface area contributed by atoms with Crippen LogP contribution in [-0.2, 0) is 17.4 Å². The third-order valence-corrected chi connectivity index (χ3v) is 8.51. The van der Waals surface area contributed by atoms with Crippen molar-refractivity contribution in [2.45, 2.75) is 59.1 Å². The van der Waals surface area contributed by atoms with Gasteiger partial charge in [-0.3, -0.25) is 9.69 Å². The molecule has 2 aromatic rings. The first-order valence-electron chi connectivity index (χ1n) is 14.9. The lowest BCUT2D eigenvalue weighted by Gasteiger charge is -2.36. The van der Waals surface area contributed by atoms with Crippen molar-refractivity contribution in [1.82, 2.24) is 9.80 Å². The van der Waals surface area contributed by atoms with Gasteiger partial charge in [0, 0.05) is 70.2 Å². The topological polar surface area (TPSA) is 30.0 Å². The molecule has 2 saturated heterocycles. The van der Waals surface area contributed by atoms with E-state index >= 15 is 0 Å². The molecule has 0 spiro atoms. The molecule has 40 heavy (non-hydrogen) atoms. The number of halogens is 3. The fourth-order valence-electron chi connectivity index (χ4n) is 5.75. The number of hydrogen-bond acceptors (Lipinski definition) is 4. The van der Waals surface area contributed by atoms with Crippen molar-refractivity contribution in [2.24, 2.45) is 5.92 Å². The van der Waals surface area contributed by atoms with Crippen molar-refractivity contribution in [3.8, 4) is 0 Å². The van der Waals surface area contributed by atoms with E-state index in [1.54, 1.807) is 6.07 Å². The van der Waals surface area contributed by atoms with Crippen LogP contribution in [0.2, 0.25) is 0 Å². The number of carbonyl (C=O) groups excluding carboxylic acids is 1. The summed E-state index contributed by atoms with van der Waals surface area (Å²) in [6.07, 6.45) is -1.00. The van der Waals surface area contributed by atoms with Gasteiger partial charge in [0.05, 0.1) is 5.56 Å². The van der Waals surface area contributed by atoms with Crippen molar-refractivity contribution < 1.29 is 18.0 Å². The predicted octanol–water partition coefficient (Wildman–Crippen LogP) is 6.24. The third-order valence-electron chi connectivity index (χ3n) is 8.51. The van der Waals surface area contributed by atoms with E-state index in [0.717, 1.165) is 52.0 Å². The highest BCUT2D eigenvalue weighted by Gasteiger charge is 2.34. The number of alkyl halides is 3. The Morgan fingerprint density at radius 3 is 2.20 bits per heavy atom. The van der Waals surface area contributed by atoms with Crippen molar-refractivity contribution in [3.63, 3.8) is 0 Å². The first kappa shape index (κ1) is 30.2. The maximum atomic E-state index is 13.9. The number of aryl methyl sites for hydroxylation is 1. The molecular formula is C32H45F3N4O. The molecule has 0 saturated carbocycles. The molecule has 1 unspecified atom stereocenters. The molecule has 1 atom stereocenters. The van der Waals surface area contributed by atoms with Crippen LogP contribution < -0.4 is 9.80 Å². The van der Waals surface area contributed by atoms with E-state index in [0.29, 0.717) is 50.3 Å². The number of hydrogen-bond donors (Lipinski definition) is 0. The van der Waals surface area contributed by atoms with Crippen molar-refractivity contribution in [1.29, 1.82) is 0 Å². The van der Waals surface area contributed by atoms with Crippen LogP contribution in [0.3, 0.4) is 0 Å². The van der Waals surface area contributed by atoms with Gasteiger partial charge in [-0.1, -0.05) is 44.0 Å². The Morgan fingerprint density at radius 1 is 0.875 bits per heavy atom. The zero-order valence-electron chi connectivity index (χ0n) is 24.3. The van der Waals surface area contributed by atoms with E-state index in [1.807, 2.05) is 29.7 Å². The van der Waals surface area contributed by atoms with E-state index in [1.165, 1.54) is 17.3 Å².